The van der Waals surface area contributed by atoms with Crippen molar-refractivity contribution in [1.29, 1.82) is 0 Å². The fourth-order valence-corrected chi connectivity index (χ4v) is 2.89. The molecule has 1 amide bonds. The topological polar surface area (TPSA) is 33.5 Å². The molecule has 0 saturated carbocycles. The predicted octanol–water partition coefficient (Wildman–Crippen LogP) is 1.98. The highest BCUT2D eigenvalue weighted by atomic mass is 35.5. The van der Waals surface area contributed by atoms with E-state index in [0.29, 0.717) is 6.54 Å². The largest absolute Gasteiger partial charge is 0.345 e. The van der Waals surface area contributed by atoms with Crippen LogP contribution in [-0.2, 0) is 4.79 Å². The molecule has 1 aliphatic heterocycles. The second-order valence-electron chi connectivity index (χ2n) is 5.68. The van der Waals surface area contributed by atoms with Crippen LogP contribution in [0.1, 0.15) is 44.2 Å². The van der Waals surface area contributed by atoms with Crippen LogP contribution in [0.2, 0.25) is 5.02 Å². The molecule has 0 aliphatic carbocycles. The van der Waals surface area contributed by atoms with Crippen LogP contribution in [0.4, 0.5) is 0 Å². The summed E-state index contributed by atoms with van der Waals surface area (Å²) in [5.41, 5.74) is 1.09. The van der Waals surface area contributed by atoms with Crippen molar-refractivity contribution in [2.45, 2.75) is 38.6 Å². The van der Waals surface area contributed by atoms with Crippen molar-refractivity contribution in [3.05, 3.63) is 34.9 Å². The number of likely N-dealkylation sites (tertiary alicyclic amines) is 1. The molecule has 0 spiro atoms. The van der Waals surface area contributed by atoms with Crippen molar-refractivity contribution in [2.24, 2.45) is 0 Å². The van der Waals surface area contributed by atoms with Gasteiger partial charge in [0.1, 0.15) is 0 Å². The van der Waals surface area contributed by atoms with Crippen molar-refractivity contribution in [3.8, 4) is 0 Å². The lowest BCUT2D eigenvalue weighted by molar-refractivity contribution is -0.891. The van der Waals surface area contributed by atoms with Gasteiger partial charge < -0.3 is 10.2 Å². The van der Waals surface area contributed by atoms with E-state index >= 15 is 0 Å². The Kier molecular flexibility index (Phi) is 5.86. The highest BCUT2D eigenvalue weighted by molar-refractivity contribution is 6.30. The molecule has 1 aromatic rings. The molecule has 3 nitrogen and oxygen atoms in total. The number of carbonyl (C=O) groups excluding carboxylic acids is 1. The van der Waals surface area contributed by atoms with Gasteiger partial charge in [0.05, 0.1) is 19.1 Å². The van der Waals surface area contributed by atoms with Gasteiger partial charge in [-0.25, -0.2) is 0 Å². The molecular formula is C16H24ClN2O+. The monoisotopic (exact) mass is 295 g/mol. The van der Waals surface area contributed by atoms with E-state index < -0.39 is 0 Å². The second-order valence-corrected chi connectivity index (χ2v) is 6.12. The van der Waals surface area contributed by atoms with Crippen LogP contribution in [-0.4, -0.2) is 25.5 Å². The molecule has 1 atom stereocenters. The van der Waals surface area contributed by atoms with Crippen LogP contribution >= 0.6 is 11.6 Å². The van der Waals surface area contributed by atoms with Crippen molar-refractivity contribution < 1.29 is 9.69 Å². The van der Waals surface area contributed by atoms with Crippen molar-refractivity contribution in [1.82, 2.24) is 5.32 Å². The zero-order valence-corrected chi connectivity index (χ0v) is 12.9. The molecule has 20 heavy (non-hydrogen) atoms. The standard InChI is InChI=1S/C16H23ClN2O/c1-13(14-6-8-15(17)9-7-14)18-16(20)12-19-10-4-2-3-5-11-19/h6-9,13H,2-5,10-12H2,1H3,(H,18,20)/p+1/t13-/m0/s1. The number of halogens is 1. The third kappa shape index (κ3) is 4.80. The van der Waals surface area contributed by atoms with Crippen LogP contribution in [0.25, 0.3) is 0 Å². The van der Waals surface area contributed by atoms with Gasteiger partial charge in [-0.1, -0.05) is 23.7 Å². The van der Waals surface area contributed by atoms with Crippen molar-refractivity contribution in [3.63, 3.8) is 0 Å². The summed E-state index contributed by atoms with van der Waals surface area (Å²) < 4.78 is 0. The number of rotatable bonds is 4. The van der Waals surface area contributed by atoms with E-state index in [0.717, 1.165) is 23.7 Å². The average Bonchev–Trinajstić information content (AvgIpc) is 2.68. The first-order chi connectivity index (χ1) is 9.65. The van der Waals surface area contributed by atoms with Gasteiger partial charge in [0.15, 0.2) is 6.54 Å². The van der Waals surface area contributed by atoms with Gasteiger partial charge in [0.2, 0.25) is 0 Å². The third-order valence-corrected chi connectivity index (χ3v) is 4.22. The normalized spacial score (nSPS) is 18.3. The molecule has 0 bridgehead atoms. The number of hydrogen-bond donors (Lipinski definition) is 2. The van der Waals surface area contributed by atoms with E-state index in [1.165, 1.54) is 30.6 Å². The first-order valence-electron chi connectivity index (χ1n) is 7.53. The fourth-order valence-electron chi connectivity index (χ4n) is 2.76. The Morgan fingerprint density at radius 2 is 1.80 bits per heavy atom. The molecule has 0 aromatic heterocycles. The quantitative estimate of drug-likeness (QED) is 0.875. The minimum absolute atomic E-state index is 0.0335. The minimum Gasteiger partial charge on any atom is -0.345 e. The summed E-state index contributed by atoms with van der Waals surface area (Å²) in [6.45, 7) is 4.86. The fraction of sp³-hybridized carbons (Fsp3) is 0.562. The smallest absolute Gasteiger partial charge is 0.275 e. The molecule has 1 saturated heterocycles. The van der Waals surface area contributed by atoms with Gasteiger partial charge in [-0.3, -0.25) is 4.79 Å². The summed E-state index contributed by atoms with van der Waals surface area (Å²) in [5.74, 6) is 0.143. The Labute approximate surface area is 126 Å². The van der Waals surface area contributed by atoms with Gasteiger partial charge in [-0.15, -0.1) is 0 Å². The molecule has 2 N–H and O–H groups in total. The minimum atomic E-state index is 0.0335. The first-order valence-corrected chi connectivity index (χ1v) is 7.91. The van der Waals surface area contributed by atoms with E-state index in [-0.39, 0.29) is 11.9 Å². The SMILES string of the molecule is C[C@H](NC(=O)C[NH+]1CCCCCC1)c1ccc(Cl)cc1. The lowest BCUT2D eigenvalue weighted by atomic mass is 10.1. The molecule has 110 valence electrons. The summed E-state index contributed by atoms with van der Waals surface area (Å²) in [5, 5.41) is 3.80. The summed E-state index contributed by atoms with van der Waals surface area (Å²) >= 11 is 5.88. The van der Waals surface area contributed by atoms with Gasteiger partial charge in [0.25, 0.3) is 5.91 Å². The Bertz CT molecular complexity index is 425. The molecule has 1 heterocycles. The number of amides is 1. The zero-order valence-electron chi connectivity index (χ0n) is 12.1. The summed E-state index contributed by atoms with van der Waals surface area (Å²) in [4.78, 5) is 13.5. The highest BCUT2D eigenvalue weighted by Crippen LogP contribution is 2.15. The lowest BCUT2D eigenvalue weighted by Crippen LogP contribution is -3.13. The molecule has 4 heteroatoms. The maximum Gasteiger partial charge on any atom is 0.275 e. The van der Waals surface area contributed by atoms with E-state index in [1.54, 1.807) is 0 Å². The molecule has 0 radical (unpaired) electrons. The Hall–Kier alpha value is -1.06. The van der Waals surface area contributed by atoms with Gasteiger partial charge in [-0.05, 0) is 50.3 Å². The van der Waals surface area contributed by atoms with Gasteiger partial charge in [-0.2, -0.15) is 0 Å². The Balaban J connectivity index is 1.82. The summed E-state index contributed by atoms with van der Waals surface area (Å²) in [7, 11) is 0. The van der Waals surface area contributed by atoms with Crippen molar-refractivity contribution in [2.75, 3.05) is 19.6 Å². The maximum atomic E-state index is 12.1. The molecule has 1 aromatic carbocycles. The number of benzene rings is 1. The summed E-state index contributed by atoms with van der Waals surface area (Å²) in [6, 6.07) is 7.68. The van der Waals surface area contributed by atoms with E-state index in [9.17, 15) is 4.79 Å². The maximum absolute atomic E-state index is 12.1. The van der Waals surface area contributed by atoms with Crippen LogP contribution in [0, 0.1) is 0 Å². The first kappa shape index (κ1) is 15.3. The molecule has 0 unspecified atom stereocenters. The van der Waals surface area contributed by atoms with Crippen LogP contribution in [0.15, 0.2) is 24.3 Å². The van der Waals surface area contributed by atoms with Crippen LogP contribution in [0.5, 0.6) is 0 Å². The second kappa shape index (κ2) is 7.65. The number of nitrogens with one attached hydrogen (secondary N) is 2. The average molecular weight is 296 g/mol. The van der Waals surface area contributed by atoms with E-state index in [1.807, 2.05) is 31.2 Å². The molecule has 2 rings (SSSR count). The van der Waals surface area contributed by atoms with E-state index in [2.05, 4.69) is 5.32 Å². The zero-order chi connectivity index (χ0) is 14.4. The molecule has 1 fully saturated rings. The van der Waals surface area contributed by atoms with Crippen LogP contribution < -0.4 is 10.2 Å². The van der Waals surface area contributed by atoms with Crippen molar-refractivity contribution >= 4 is 17.5 Å². The number of carbonyl (C=O) groups is 1. The Morgan fingerprint density at radius 3 is 2.40 bits per heavy atom. The molecule has 1 aliphatic rings. The van der Waals surface area contributed by atoms with Crippen LogP contribution in [0.3, 0.4) is 0 Å². The lowest BCUT2D eigenvalue weighted by Gasteiger charge is -2.19. The van der Waals surface area contributed by atoms with Gasteiger partial charge >= 0.3 is 0 Å². The molecular weight excluding hydrogens is 272 g/mol. The highest BCUT2D eigenvalue weighted by Gasteiger charge is 2.17. The Morgan fingerprint density at radius 1 is 1.20 bits per heavy atom. The van der Waals surface area contributed by atoms with E-state index in [4.69, 9.17) is 11.6 Å². The number of quaternary nitrogens is 1. The predicted molar refractivity (Wildman–Crippen MR) is 82.0 cm³/mol. The van der Waals surface area contributed by atoms with Gasteiger partial charge in [0, 0.05) is 5.02 Å². The summed E-state index contributed by atoms with van der Waals surface area (Å²) in [6.07, 6.45) is 5.11. The third-order valence-electron chi connectivity index (χ3n) is 3.97. The number of hydrogen-bond acceptors (Lipinski definition) is 1.